The fourth-order valence-corrected chi connectivity index (χ4v) is 3.45. The van der Waals surface area contributed by atoms with Crippen LogP contribution in [0.2, 0.25) is 0 Å². The van der Waals surface area contributed by atoms with Crippen molar-refractivity contribution in [3.63, 3.8) is 0 Å². The summed E-state index contributed by atoms with van der Waals surface area (Å²) in [7, 11) is 0. The number of rotatable bonds is 6. The van der Waals surface area contributed by atoms with Crippen LogP contribution < -0.4 is 15.6 Å². The Balaban J connectivity index is 1.52. The number of carbonyl (C=O) groups is 2. The Bertz CT molecular complexity index is 914. The van der Waals surface area contributed by atoms with Gasteiger partial charge >= 0.3 is 0 Å². The van der Waals surface area contributed by atoms with Gasteiger partial charge in [0.05, 0.1) is 16.0 Å². The number of nitrogens with one attached hydrogen (secondary N) is 2. The summed E-state index contributed by atoms with van der Waals surface area (Å²) in [6.45, 7) is 0.533. The minimum absolute atomic E-state index is 0.349. The van der Waals surface area contributed by atoms with E-state index in [1.54, 1.807) is 35.7 Å². The van der Waals surface area contributed by atoms with Crippen LogP contribution in [0.3, 0.4) is 0 Å². The van der Waals surface area contributed by atoms with Gasteiger partial charge in [0, 0.05) is 12.0 Å². The molecule has 0 unspecified atom stereocenters. The van der Waals surface area contributed by atoms with E-state index >= 15 is 0 Å². The monoisotopic (exact) mass is 444 g/mol. The highest BCUT2D eigenvalue weighted by Crippen LogP contribution is 2.26. The van der Waals surface area contributed by atoms with Crippen LogP contribution in [0, 0.1) is 0 Å². The van der Waals surface area contributed by atoms with E-state index in [9.17, 15) is 9.59 Å². The summed E-state index contributed by atoms with van der Waals surface area (Å²) >= 11 is 4.72. The molecule has 3 rings (SSSR count). The Morgan fingerprint density at radius 1 is 0.963 bits per heavy atom. The number of hydrazine groups is 1. The lowest BCUT2D eigenvalue weighted by molar-refractivity contribution is 0.0849. The normalized spacial score (nSPS) is 10.3. The second-order valence-corrected chi connectivity index (χ2v) is 7.42. The van der Waals surface area contributed by atoms with Crippen molar-refractivity contribution in [2.45, 2.75) is 6.42 Å². The molecule has 2 aromatic carbocycles. The molecule has 0 radical (unpaired) electrons. The van der Waals surface area contributed by atoms with E-state index in [2.05, 4.69) is 38.9 Å². The lowest BCUT2D eigenvalue weighted by Gasteiger charge is -2.10. The zero-order chi connectivity index (χ0) is 19.1. The van der Waals surface area contributed by atoms with Gasteiger partial charge in [-0.2, -0.15) is 0 Å². The van der Waals surface area contributed by atoms with Crippen LogP contribution in [0.4, 0.5) is 0 Å². The van der Waals surface area contributed by atoms with Crippen LogP contribution in [0.5, 0.6) is 5.75 Å². The van der Waals surface area contributed by atoms with Crippen LogP contribution in [-0.2, 0) is 6.42 Å². The molecular formula is C20H17BrN2O3S. The summed E-state index contributed by atoms with van der Waals surface area (Å²) in [5.41, 5.74) is 6.41. The summed E-state index contributed by atoms with van der Waals surface area (Å²) < 4.78 is 6.45. The number of ether oxygens (including phenoxy) is 1. The Hall–Kier alpha value is -2.64. The lowest BCUT2D eigenvalue weighted by atomic mass is 10.2. The fraction of sp³-hybridized carbons (Fsp3) is 0.100. The molecule has 1 aromatic heterocycles. The van der Waals surface area contributed by atoms with E-state index in [-0.39, 0.29) is 5.91 Å². The largest absolute Gasteiger partial charge is 0.492 e. The van der Waals surface area contributed by atoms with Crippen molar-refractivity contribution in [2.24, 2.45) is 0 Å². The molecule has 0 fully saturated rings. The molecule has 2 N–H and O–H groups in total. The first-order chi connectivity index (χ1) is 13.1. The van der Waals surface area contributed by atoms with Gasteiger partial charge in [0.25, 0.3) is 11.8 Å². The van der Waals surface area contributed by atoms with E-state index in [0.29, 0.717) is 27.3 Å². The number of carbonyl (C=O) groups excluding carboxylic acids is 2. The van der Waals surface area contributed by atoms with Gasteiger partial charge < -0.3 is 4.74 Å². The molecule has 0 bridgehead atoms. The quantitative estimate of drug-likeness (QED) is 0.559. The summed E-state index contributed by atoms with van der Waals surface area (Å²) in [5, 5.41) is 1.80. The first-order valence-corrected chi connectivity index (χ1v) is 9.91. The molecule has 0 aliphatic rings. The molecule has 0 saturated carbocycles. The molecule has 5 nitrogen and oxygen atoms in total. The lowest BCUT2D eigenvalue weighted by Crippen LogP contribution is -2.41. The van der Waals surface area contributed by atoms with Crippen molar-refractivity contribution in [3.05, 3.63) is 86.5 Å². The summed E-state index contributed by atoms with van der Waals surface area (Å²) in [4.78, 5) is 24.6. The van der Waals surface area contributed by atoms with Gasteiger partial charge in [0.1, 0.15) is 5.75 Å². The van der Waals surface area contributed by atoms with Crippen LogP contribution in [0.1, 0.15) is 25.6 Å². The predicted molar refractivity (Wildman–Crippen MR) is 109 cm³/mol. The van der Waals surface area contributed by atoms with Crippen molar-refractivity contribution in [1.82, 2.24) is 10.9 Å². The highest BCUT2D eigenvalue weighted by molar-refractivity contribution is 9.10. The van der Waals surface area contributed by atoms with Gasteiger partial charge in [0.15, 0.2) is 0 Å². The number of thiophene rings is 1. The number of benzene rings is 2. The van der Waals surface area contributed by atoms with E-state index in [0.717, 1.165) is 6.42 Å². The topological polar surface area (TPSA) is 67.4 Å². The molecule has 0 aliphatic carbocycles. The highest BCUT2D eigenvalue weighted by Gasteiger charge is 2.12. The average Bonchev–Trinajstić information content (AvgIpc) is 3.23. The van der Waals surface area contributed by atoms with Crippen LogP contribution in [0.25, 0.3) is 0 Å². The van der Waals surface area contributed by atoms with Gasteiger partial charge in [-0.05, 0) is 51.1 Å². The standard InChI is InChI=1S/C20H17BrN2O3S/c21-16-13-15(19(24)22-23-20(25)18-7-4-12-27-18)8-9-17(16)26-11-10-14-5-2-1-3-6-14/h1-9,12-13H,10-11H2,(H,22,24)(H,23,25). The Morgan fingerprint density at radius 2 is 1.74 bits per heavy atom. The highest BCUT2D eigenvalue weighted by atomic mass is 79.9. The molecule has 1 heterocycles. The van der Waals surface area contributed by atoms with Crippen molar-refractivity contribution in [2.75, 3.05) is 6.61 Å². The first-order valence-electron chi connectivity index (χ1n) is 8.24. The van der Waals surface area contributed by atoms with Crippen molar-refractivity contribution >= 4 is 39.1 Å². The maximum atomic E-state index is 12.2. The summed E-state index contributed by atoms with van der Waals surface area (Å²) in [5.74, 6) is -0.0974. The number of amides is 2. The van der Waals surface area contributed by atoms with E-state index in [1.807, 2.05) is 18.2 Å². The van der Waals surface area contributed by atoms with Gasteiger partial charge in [-0.25, -0.2) is 0 Å². The van der Waals surface area contributed by atoms with Crippen molar-refractivity contribution in [1.29, 1.82) is 0 Å². The third kappa shape index (κ3) is 5.42. The average molecular weight is 445 g/mol. The van der Waals surface area contributed by atoms with E-state index in [1.165, 1.54) is 16.9 Å². The number of hydrogen-bond donors (Lipinski definition) is 2. The van der Waals surface area contributed by atoms with Crippen LogP contribution in [0.15, 0.2) is 70.5 Å². The maximum absolute atomic E-state index is 12.2. The van der Waals surface area contributed by atoms with Crippen LogP contribution >= 0.6 is 27.3 Å². The zero-order valence-corrected chi connectivity index (χ0v) is 16.7. The molecule has 27 heavy (non-hydrogen) atoms. The molecule has 0 atom stereocenters. The first kappa shape index (κ1) is 19.1. The summed E-state index contributed by atoms with van der Waals surface area (Å²) in [6.07, 6.45) is 0.796. The molecule has 2 amide bonds. The number of halogens is 1. The molecular weight excluding hydrogens is 428 g/mol. The second-order valence-electron chi connectivity index (χ2n) is 5.61. The van der Waals surface area contributed by atoms with E-state index in [4.69, 9.17) is 4.74 Å². The number of hydrogen-bond acceptors (Lipinski definition) is 4. The van der Waals surface area contributed by atoms with Crippen molar-refractivity contribution in [3.8, 4) is 5.75 Å². The van der Waals surface area contributed by atoms with Crippen molar-refractivity contribution < 1.29 is 14.3 Å². The van der Waals surface area contributed by atoms with E-state index < -0.39 is 5.91 Å². The Kier molecular flexibility index (Phi) is 6.62. The third-order valence-corrected chi connectivity index (χ3v) is 5.21. The second kappa shape index (κ2) is 9.34. The third-order valence-electron chi connectivity index (χ3n) is 3.72. The van der Waals surface area contributed by atoms with Gasteiger partial charge in [-0.1, -0.05) is 36.4 Å². The Labute approximate surface area is 169 Å². The fourth-order valence-electron chi connectivity index (χ4n) is 2.34. The summed E-state index contributed by atoms with van der Waals surface area (Å²) in [6, 6.07) is 18.6. The minimum Gasteiger partial charge on any atom is -0.492 e. The maximum Gasteiger partial charge on any atom is 0.279 e. The molecule has 0 aliphatic heterocycles. The molecule has 3 aromatic rings. The molecule has 0 spiro atoms. The zero-order valence-electron chi connectivity index (χ0n) is 14.3. The molecule has 7 heteroatoms. The predicted octanol–water partition coefficient (Wildman–Crippen LogP) is 4.21. The Morgan fingerprint density at radius 3 is 2.44 bits per heavy atom. The van der Waals surface area contributed by atoms with Crippen LogP contribution in [-0.4, -0.2) is 18.4 Å². The SMILES string of the molecule is O=C(NNC(=O)c1cccs1)c1ccc(OCCc2ccccc2)c(Br)c1. The van der Waals surface area contributed by atoms with Gasteiger partial charge in [0.2, 0.25) is 0 Å². The smallest absolute Gasteiger partial charge is 0.279 e. The molecule has 138 valence electrons. The van der Waals surface area contributed by atoms with Gasteiger partial charge in [-0.3, -0.25) is 20.4 Å². The minimum atomic E-state index is -0.406. The van der Waals surface area contributed by atoms with Gasteiger partial charge in [-0.15, -0.1) is 11.3 Å². The molecule has 0 saturated heterocycles.